The number of ether oxygens (including phenoxy) is 1. The minimum absolute atomic E-state index is 0.0437. The van der Waals surface area contributed by atoms with Gasteiger partial charge in [-0.2, -0.15) is 0 Å². The maximum absolute atomic E-state index is 13.7. The van der Waals surface area contributed by atoms with Crippen molar-refractivity contribution >= 4 is 74.3 Å². The van der Waals surface area contributed by atoms with Crippen LogP contribution in [0.25, 0.3) is 11.2 Å². The summed E-state index contributed by atoms with van der Waals surface area (Å²) in [6.45, 7) is 0.648. The molecule has 2 aliphatic rings. The molecule has 2 N–H and O–H groups in total. The van der Waals surface area contributed by atoms with Crippen molar-refractivity contribution in [1.82, 2.24) is 14.3 Å². The number of hydrogen-bond acceptors (Lipinski definition) is 6. The van der Waals surface area contributed by atoms with E-state index in [-0.39, 0.29) is 46.9 Å². The Kier molecular flexibility index (Phi) is 6.75. The quantitative estimate of drug-likeness (QED) is 0.261. The normalized spacial score (nSPS) is 16.1. The van der Waals surface area contributed by atoms with Gasteiger partial charge in [-0.25, -0.2) is 18.7 Å². The van der Waals surface area contributed by atoms with Crippen molar-refractivity contribution in [3.63, 3.8) is 0 Å². The summed E-state index contributed by atoms with van der Waals surface area (Å²) in [5, 5.41) is 6.02. The number of hydrogen-bond donors (Lipinski definition) is 2. The molecule has 1 saturated heterocycles. The van der Waals surface area contributed by atoms with Crippen LogP contribution >= 0.6 is 28.4 Å². The lowest BCUT2D eigenvalue weighted by Gasteiger charge is -2.19. The number of nitrogens with one attached hydrogen (secondary N) is 2. The molecule has 35 heavy (non-hydrogen) atoms. The van der Waals surface area contributed by atoms with Crippen molar-refractivity contribution in [3.05, 3.63) is 30.1 Å². The van der Waals surface area contributed by atoms with Crippen LogP contribution in [0, 0.1) is 5.92 Å². The van der Waals surface area contributed by atoms with E-state index in [2.05, 4.69) is 20.6 Å². The molecule has 2 aromatic heterocycles. The highest BCUT2D eigenvalue weighted by Crippen LogP contribution is 2.40. The van der Waals surface area contributed by atoms with Crippen LogP contribution < -0.4 is 20.3 Å². The zero-order chi connectivity index (χ0) is 24.7. The first-order chi connectivity index (χ1) is 16.9. The van der Waals surface area contributed by atoms with E-state index in [1.807, 2.05) is 22.0 Å². The van der Waals surface area contributed by atoms with E-state index in [1.165, 1.54) is 11.4 Å². The Bertz CT molecular complexity index is 1320. The molecule has 3 heterocycles. The van der Waals surface area contributed by atoms with Crippen LogP contribution in [-0.2, 0) is 9.59 Å². The van der Waals surface area contributed by atoms with Crippen molar-refractivity contribution in [2.75, 3.05) is 29.2 Å². The number of fused-ring (bicyclic) bond motifs is 1. The average Bonchev–Trinajstić information content (AvgIpc) is 3.50. The summed E-state index contributed by atoms with van der Waals surface area (Å²) in [4.78, 5) is 34.8. The van der Waals surface area contributed by atoms with E-state index in [4.69, 9.17) is 4.74 Å². The summed E-state index contributed by atoms with van der Waals surface area (Å²) in [6.07, 6.45) is 0.123. The lowest BCUT2D eigenvalue weighted by Crippen LogP contribution is -2.23. The average molecular weight is 614 g/mol. The molecule has 184 valence electrons. The van der Waals surface area contributed by atoms with E-state index in [1.54, 1.807) is 29.2 Å². The molecule has 0 bridgehead atoms. The predicted molar refractivity (Wildman–Crippen MR) is 139 cm³/mol. The Balaban J connectivity index is 1.56. The van der Waals surface area contributed by atoms with Crippen molar-refractivity contribution in [3.8, 4) is 5.75 Å². The number of amides is 2. The van der Waals surface area contributed by atoms with Crippen molar-refractivity contribution < 1.29 is 23.1 Å². The molecule has 1 aromatic carbocycles. The number of pyridine rings is 1. The number of carbonyl (C=O) groups excluding carboxylic acids is 2. The van der Waals surface area contributed by atoms with Crippen LogP contribution in [0.1, 0.15) is 37.9 Å². The van der Waals surface area contributed by atoms with Gasteiger partial charge in [-0.05, 0) is 53.4 Å². The molecule has 1 aliphatic carbocycles. The third-order valence-electron chi connectivity index (χ3n) is 5.96. The van der Waals surface area contributed by atoms with E-state index in [0.717, 1.165) is 24.9 Å². The Morgan fingerprint density at radius 3 is 2.69 bits per heavy atom. The summed E-state index contributed by atoms with van der Waals surface area (Å²) < 4.78 is 34.4. The first kappa shape index (κ1) is 24.1. The van der Waals surface area contributed by atoms with E-state index in [9.17, 15) is 18.4 Å². The maximum atomic E-state index is 13.7. The molecule has 1 unspecified atom stereocenters. The van der Waals surface area contributed by atoms with Crippen LogP contribution in [0.3, 0.4) is 0 Å². The van der Waals surface area contributed by atoms with Gasteiger partial charge in [-0.3, -0.25) is 13.9 Å². The SMILES string of the molecule is COc1cc(N2CCCC2=O)ccc1Nc1cc(NC(=O)C2CC2)nc2c1nc(C(F)F)n2PI. The van der Waals surface area contributed by atoms with E-state index < -0.39 is 6.43 Å². The number of aromatic nitrogens is 3. The summed E-state index contributed by atoms with van der Waals surface area (Å²) in [5.74, 6) is 0.217. The van der Waals surface area contributed by atoms with Crippen LogP contribution in [0.15, 0.2) is 24.3 Å². The molecule has 1 atom stereocenters. The second-order valence-electron chi connectivity index (χ2n) is 8.34. The highest BCUT2D eigenvalue weighted by Gasteiger charge is 2.30. The fourth-order valence-corrected chi connectivity index (χ4v) is 5.94. The Hall–Kier alpha value is -2.60. The van der Waals surface area contributed by atoms with Gasteiger partial charge in [0, 0.05) is 36.7 Å². The van der Waals surface area contributed by atoms with Crippen LogP contribution in [-0.4, -0.2) is 39.8 Å². The molecule has 5 rings (SSSR count). The number of carbonyl (C=O) groups is 2. The van der Waals surface area contributed by atoms with Gasteiger partial charge in [0.1, 0.15) is 17.1 Å². The number of nitrogens with zero attached hydrogens (tertiary/aromatic N) is 4. The molecule has 1 aliphatic heterocycles. The zero-order valence-electron chi connectivity index (χ0n) is 18.6. The van der Waals surface area contributed by atoms with Crippen LogP contribution in [0.2, 0.25) is 0 Å². The minimum atomic E-state index is -2.78. The molecule has 2 amide bonds. The zero-order valence-corrected chi connectivity index (χ0v) is 21.8. The van der Waals surface area contributed by atoms with E-state index in [0.29, 0.717) is 30.1 Å². The first-order valence-corrected chi connectivity index (χ1v) is 15.1. The van der Waals surface area contributed by atoms with Gasteiger partial charge in [0.05, 0.1) is 24.9 Å². The smallest absolute Gasteiger partial charge is 0.295 e. The summed E-state index contributed by atoms with van der Waals surface area (Å²) in [5.41, 5.74) is 2.19. The third-order valence-corrected chi connectivity index (χ3v) is 8.02. The second kappa shape index (κ2) is 9.81. The lowest BCUT2D eigenvalue weighted by molar-refractivity contribution is -0.118. The highest BCUT2D eigenvalue weighted by molar-refractivity contribution is 14.2. The molecular weight excluding hydrogens is 592 g/mol. The maximum Gasteiger partial charge on any atom is 0.295 e. The summed E-state index contributed by atoms with van der Waals surface area (Å²) in [6, 6.07) is 6.91. The fraction of sp³-hybridized carbons (Fsp3) is 0.364. The second-order valence-corrected chi connectivity index (χ2v) is 10.4. The van der Waals surface area contributed by atoms with Gasteiger partial charge in [0.15, 0.2) is 11.5 Å². The number of imidazole rings is 1. The van der Waals surface area contributed by atoms with Crippen molar-refractivity contribution in [2.45, 2.75) is 32.1 Å². The summed E-state index contributed by atoms with van der Waals surface area (Å²) >= 11 is 2.00. The minimum Gasteiger partial charge on any atom is -0.494 e. The molecule has 0 spiro atoms. The Morgan fingerprint density at radius 1 is 1.26 bits per heavy atom. The van der Waals surface area contributed by atoms with Crippen molar-refractivity contribution in [2.24, 2.45) is 5.92 Å². The lowest BCUT2D eigenvalue weighted by atomic mass is 10.2. The van der Waals surface area contributed by atoms with Crippen LogP contribution in [0.4, 0.5) is 31.7 Å². The Labute approximate surface area is 214 Å². The van der Waals surface area contributed by atoms with Crippen molar-refractivity contribution in [1.29, 1.82) is 0 Å². The van der Waals surface area contributed by atoms with Gasteiger partial charge >= 0.3 is 0 Å². The molecule has 13 heteroatoms. The molecule has 9 nitrogen and oxygen atoms in total. The van der Waals surface area contributed by atoms with Gasteiger partial charge < -0.3 is 20.3 Å². The number of methoxy groups -OCH3 is 1. The predicted octanol–water partition coefficient (Wildman–Crippen LogP) is 5.39. The molecule has 1 saturated carbocycles. The van der Waals surface area contributed by atoms with Gasteiger partial charge in [0.25, 0.3) is 6.43 Å². The largest absolute Gasteiger partial charge is 0.494 e. The molecule has 2 fully saturated rings. The highest BCUT2D eigenvalue weighted by atomic mass is 127. The topological polar surface area (TPSA) is 101 Å². The van der Waals surface area contributed by atoms with E-state index >= 15 is 0 Å². The van der Waals surface area contributed by atoms with Gasteiger partial charge in [-0.15, -0.1) is 0 Å². The molecular formula is C22H22F2IN6O3P. The van der Waals surface area contributed by atoms with Crippen LogP contribution in [0.5, 0.6) is 5.75 Å². The number of anilines is 4. The fourth-order valence-electron chi connectivity index (χ4n) is 4.04. The standard InChI is InChI=1S/C22H22F2IN6O3P/c1-34-15-9-12(30-8-2-3-17(30)32)6-7-13(15)26-14-10-16(28-22(33)11-4-5-11)27-20-18(14)29-21(19(23)24)31(20)35-25/h6-7,9-11,19,35H,2-5,8H2,1H3,(H2,26,27,28,33). The first-order valence-electron chi connectivity index (χ1n) is 11.0. The monoisotopic (exact) mass is 614 g/mol. The number of halogens is 3. The number of benzene rings is 1. The number of alkyl halides is 2. The molecule has 3 aromatic rings. The third kappa shape index (κ3) is 4.77. The van der Waals surface area contributed by atoms with Gasteiger partial charge in [-0.1, -0.05) is 0 Å². The van der Waals surface area contributed by atoms with Gasteiger partial charge in [0.2, 0.25) is 11.8 Å². The molecule has 0 radical (unpaired) electrons. The summed E-state index contributed by atoms with van der Waals surface area (Å²) in [7, 11) is 1.51. The Morgan fingerprint density at radius 2 is 2.06 bits per heavy atom. The number of rotatable bonds is 8.